The summed E-state index contributed by atoms with van der Waals surface area (Å²) in [4.78, 5) is 27.2. The lowest BCUT2D eigenvalue weighted by Crippen LogP contribution is -2.51. The molecule has 0 spiro atoms. The van der Waals surface area contributed by atoms with Gasteiger partial charge < -0.3 is 19.3 Å². The van der Waals surface area contributed by atoms with Gasteiger partial charge in [-0.1, -0.05) is 41.5 Å². The number of rotatable bonds is 8. The van der Waals surface area contributed by atoms with Crippen molar-refractivity contribution in [1.82, 2.24) is 9.80 Å². The van der Waals surface area contributed by atoms with Gasteiger partial charge in [-0.2, -0.15) is 0 Å². The molecule has 0 radical (unpaired) electrons. The molecule has 8 heteroatoms. The van der Waals surface area contributed by atoms with E-state index in [1.807, 2.05) is 18.2 Å². The fraction of sp³-hybridized carbons (Fsp3) is 0.600. The van der Waals surface area contributed by atoms with E-state index in [0.717, 1.165) is 12.8 Å². The maximum atomic E-state index is 12.6. The molecule has 0 bridgehead atoms. The summed E-state index contributed by atoms with van der Waals surface area (Å²) in [6.07, 6.45) is 1.81. The largest absolute Gasteiger partial charge is 0.616 e. The molecular formula is C20H30N2O5S. The molecule has 1 aromatic carbocycles. The minimum Gasteiger partial charge on any atom is -0.616 e. The van der Waals surface area contributed by atoms with Gasteiger partial charge in [-0.3, -0.25) is 9.69 Å². The highest BCUT2D eigenvalue weighted by Crippen LogP contribution is 2.16. The van der Waals surface area contributed by atoms with Crippen molar-refractivity contribution >= 4 is 23.2 Å². The SMILES string of the molecule is CCOC(=O)N(CCCc1ccccc1)C1CC[S+]([O-])CCN(CC(=O)O)C1. The molecular weight excluding hydrogens is 380 g/mol. The molecule has 1 aromatic rings. The van der Waals surface area contributed by atoms with Crippen LogP contribution in [0, 0.1) is 0 Å². The number of carboxylic acids is 1. The number of hydrogen-bond acceptors (Lipinski definition) is 5. The number of aryl methyl sites for hydroxylation is 1. The van der Waals surface area contributed by atoms with Crippen LogP contribution in [0.15, 0.2) is 30.3 Å². The Morgan fingerprint density at radius 3 is 2.75 bits per heavy atom. The lowest BCUT2D eigenvalue weighted by atomic mass is 10.1. The van der Waals surface area contributed by atoms with Crippen molar-refractivity contribution in [1.29, 1.82) is 0 Å². The number of hydrogen-bond donors (Lipinski definition) is 1. The van der Waals surface area contributed by atoms with Gasteiger partial charge in [-0.05, 0) is 25.3 Å². The Kier molecular flexibility index (Phi) is 9.60. The number of carbonyl (C=O) groups is 2. The second-order valence-corrected chi connectivity index (χ2v) is 8.60. The average molecular weight is 411 g/mol. The monoisotopic (exact) mass is 410 g/mol. The molecule has 1 saturated heterocycles. The van der Waals surface area contributed by atoms with Crippen molar-refractivity contribution in [2.24, 2.45) is 0 Å². The highest BCUT2D eigenvalue weighted by Gasteiger charge is 2.30. The number of carbonyl (C=O) groups excluding carboxylic acids is 1. The van der Waals surface area contributed by atoms with E-state index in [-0.39, 0.29) is 25.3 Å². The second-order valence-electron chi connectivity index (χ2n) is 6.90. The number of benzene rings is 1. The third-order valence-corrected chi connectivity index (χ3v) is 6.12. The van der Waals surface area contributed by atoms with E-state index >= 15 is 0 Å². The third kappa shape index (κ3) is 7.69. The summed E-state index contributed by atoms with van der Waals surface area (Å²) >= 11 is -1.01. The Balaban J connectivity index is 2.06. The van der Waals surface area contributed by atoms with E-state index in [1.165, 1.54) is 5.56 Å². The molecule has 0 aromatic heterocycles. The molecule has 1 aliphatic rings. The number of nitrogens with zero attached hydrogens (tertiary/aromatic N) is 2. The smallest absolute Gasteiger partial charge is 0.410 e. The van der Waals surface area contributed by atoms with Crippen LogP contribution in [0.4, 0.5) is 4.79 Å². The van der Waals surface area contributed by atoms with Gasteiger partial charge >= 0.3 is 12.1 Å². The van der Waals surface area contributed by atoms with Crippen LogP contribution < -0.4 is 0 Å². The zero-order valence-corrected chi connectivity index (χ0v) is 17.2. The van der Waals surface area contributed by atoms with Crippen LogP contribution in [0.1, 0.15) is 25.3 Å². The molecule has 1 amide bonds. The van der Waals surface area contributed by atoms with Crippen LogP contribution in [-0.2, 0) is 27.1 Å². The summed E-state index contributed by atoms with van der Waals surface area (Å²) in [7, 11) is 0. The van der Waals surface area contributed by atoms with E-state index in [9.17, 15) is 14.1 Å². The topological polar surface area (TPSA) is 93.1 Å². The Labute approximate surface area is 169 Å². The van der Waals surface area contributed by atoms with Crippen molar-refractivity contribution in [2.45, 2.75) is 32.2 Å². The molecule has 0 saturated carbocycles. The molecule has 2 unspecified atom stereocenters. The fourth-order valence-electron chi connectivity index (χ4n) is 3.40. The van der Waals surface area contributed by atoms with E-state index in [0.29, 0.717) is 37.6 Å². The summed E-state index contributed by atoms with van der Waals surface area (Å²) in [5.41, 5.74) is 1.21. The molecule has 0 aliphatic carbocycles. The Hall–Kier alpha value is -1.77. The van der Waals surface area contributed by atoms with E-state index < -0.39 is 17.1 Å². The molecule has 7 nitrogen and oxygen atoms in total. The third-order valence-electron chi connectivity index (χ3n) is 4.79. The molecule has 1 fully saturated rings. The van der Waals surface area contributed by atoms with E-state index in [4.69, 9.17) is 9.84 Å². The van der Waals surface area contributed by atoms with Crippen LogP contribution in [0.25, 0.3) is 0 Å². The van der Waals surface area contributed by atoms with Crippen LogP contribution in [-0.4, -0.2) is 81.9 Å². The van der Waals surface area contributed by atoms with Crippen molar-refractivity contribution in [3.05, 3.63) is 35.9 Å². The van der Waals surface area contributed by atoms with Crippen LogP contribution in [0.5, 0.6) is 0 Å². The minimum absolute atomic E-state index is 0.117. The quantitative estimate of drug-likeness (QED) is 0.659. The van der Waals surface area contributed by atoms with Crippen LogP contribution >= 0.6 is 0 Å². The zero-order valence-electron chi connectivity index (χ0n) is 16.4. The van der Waals surface area contributed by atoms with E-state index in [2.05, 4.69) is 12.1 Å². The average Bonchev–Trinajstić information content (AvgIpc) is 2.66. The van der Waals surface area contributed by atoms with Gasteiger partial charge in [0.1, 0.15) is 11.5 Å². The summed E-state index contributed by atoms with van der Waals surface area (Å²) in [5.74, 6) is 0.0602. The molecule has 28 heavy (non-hydrogen) atoms. The van der Waals surface area contributed by atoms with Gasteiger partial charge in [0.15, 0.2) is 0 Å². The number of aliphatic carboxylic acids is 1. The minimum atomic E-state index is -1.01. The van der Waals surface area contributed by atoms with Gasteiger partial charge in [0, 0.05) is 26.1 Å². The predicted molar refractivity (Wildman–Crippen MR) is 109 cm³/mol. The first-order valence-electron chi connectivity index (χ1n) is 9.76. The molecule has 156 valence electrons. The van der Waals surface area contributed by atoms with Crippen molar-refractivity contribution in [3.8, 4) is 0 Å². The molecule has 1 heterocycles. The first-order chi connectivity index (χ1) is 13.5. The summed E-state index contributed by atoms with van der Waals surface area (Å²) in [5, 5.41) is 9.16. The summed E-state index contributed by atoms with van der Waals surface area (Å²) in [6.45, 7) is 3.36. The Morgan fingerprint density at radius 1 is 1.32 bits per heavy atom. The predicted octanol–water partition coefficient (Wildman–Crippen LogP) is 1.99. The van der Waals surface area contributed by atoms with Gasteiger partial charge in [0.25, 0.3) is 0 Å². The first kappa shape index (κ1) is 22.5. The molecule has 1 N–H and O–H groups in total. The van der Waals surface area contributed by atoms with Crippen molar-refractivity contribution in [2.75, 3.05) is 44.3 Å². The molecule has 1 aliphatic heterocycles. The summed E-state index contributed by atoms with van der Waals surface area (Å²) < 4.78 is 17.4. The van der Waals surface area contributed by atoms with Crippen molar-refractivity contribution < 1.29 is 24.0 Å². The van der Waals surface area contributed by atoms with Gasteiger partial charge in [0.2, 0.25) is 0 Å². The standard InChI is InChI=1S/C20H30N2O5S/c1-2-27-20(25)22(11-6-9-17-7-4-3-5-8-17)18-10-13-28(26)14-12-21(15-18)16-19(23)24/h3-5,7-8,18H,2,6,9-16H2,1H3,(H,23,24). The lowest BCUT2D eigenvalue weighted by Gasteiger charge is -2.36. The number of carboxylic acid groups (broad SMARTS) is 1. The Morgan fingerprint density at radius 2 is 2.07 bits per heavy atom. The second kappa shape index (κ2) is 11.9. The summed E-state index contributed by atoms with van der Waals surface area (Å²) in [6, 6.07) is 9.86. The van der Waals surface area contributed by atoms with Gasteiger partial charge in [0.05, 0.1) is 19.2 Å². The lowest BCUT2D eigenvalue weighted by molar-refractivity contribution is -0.138. The van der Waals surface area contributed by atoms with E-state index in [1.54, 1.807) is 16.7 Å². The Bertz CT molecular complexity index is 616. The number of ether oxygens (including phenoxy) is 1. The zero-order chi connectivity index (χ0) is 20.4. The molecule has 2 atom stereocenters. The highest BCUT2D eigenvalue weighted by atomic mass is 32.2. The van der Waals surface area contributed by atoms with Crippen LogP contribution in [0.2, 0.25) is 0 Å². The molecule has 2 rings (SSSR count). The normalized spacial score (nSPS) is 20.8. The van der Waals surface area contributed by atoms with Gasteiger partial charge in [-0.25, -0.2) is 4.79 Å². The number of amides is 1. The maximum Gasteiger partial charge on any atom is 0.410 e. The maximum absolute atomic E-state index is 12.6. The van der Waals surface area contributed by atoms with Crippen molar-refractivity contribution in [3.63, 3.8) is 0 Å². The van der Waals surface area contributed by atoms with Crippen LogP contribution in [0.3, 0.4) is 0 Å². The fourth-order valence-corrected chi connectivity index (χ4v) is 4.60. The first-order valence-corrected chi connectivity index (χ1v) is 11.2. The highest BCUT2D eigenvalue weighted by molar-refractivity contribution is 7.91. The van der Waals surface area contributed by atoms with Gasteiger partial charge in [-0.15, -0.1) is 0 Å².